The van der Waals surface area contributed by atoms with Crippen LogP contribution in [0, 0.1) is 0 Å². The van der Waals surface area contributed by atoms with E-state index in [0.29, 0.717) is 22.6 Å². The molecule has 1 rings (SSSR count). The highest BCUT2D eigenvalue weighted by atomic mass is 16.5. The van der Waals surface area contributed by atoms with E-state index in [1.165, 1.54) is 26.6 Å². The van der Waals surface area contributed by atoms with Crippen molar-refractivity contribution in [2.45, 2.75) is 0 Å². The number of nitrogens with one attached hydrogen (secondary N) is 2. The van der Waals surface area contributed by atoms with Gasteiger partial charge >= 0.3 is 12.1 Å². The average molecular weight is 308 g/mol. The molecule has 1 aromatic carbocycles. The molecule has 0 aliphatic rings. The molecule has 0 aliphatic carbocycles. The third-order valence-corrected chi connectivity index (χ3v) is 2.34. The lowest BCUT2D eigenvalue weighted by Crippen LogP contribution is -2.24. The van der Waals surface area contributed by atoms with Crippen molar-refractivity contribution in [3.8, 4) is 11.5 Å². The Morgan fingerprint density at radius 1 is 0.955 bits per heavy atom. The summed E-state index contributed by atoms with van der Waals surface area (Å²) in [6.07, 6.45) is 2.68. The largest absolute Gasteiger partial charge is 0.496 e. The van der Waals surface area contributed by atoms with Crippen LogP contribution >= 0.6 is 0 Å². The standard InChI is InChI=1S/C12H16N6O4/c1-21-9-3-8(6-16-18-12(14)20)10(22-2)4-7(9)5-15-17-11(13)19/h3-6H,1-2H3,(H3,13,17,19)(H3,14,18,20)/b15-5-,16-6-. The Bertz CT molecular complexity index is 560. The van der Waals surface area contributed by atoms with Gasteiger partial charge in [0.05, 0.1) is 26.6 Å². The summed E-state index contributed by atoms with van der Waals surface area (Å²) in [5, 5.41) is 7.30. The normalized spacial score (nSPS) is 10.6. The van der Waals surface area contributed by atoms with Gasteiger partial charge in [-0.15, -0.1) is 0 Å². The summed E-state index contributed by atoms with van der Waals surface area (Å²) in [5.74, 6) is 0.882. The van der Waals surface area contributed by atoms with Crippen LogP contribution in [0.15, 0.2) is 22.3 Å². The van der Waals surface area contributed by atoms with Crippen LogP contribution in [-0.2, 0) is 0 Å². The van der Waals surface area contributed by atoms with Gasteiger partial charge in [0.2, 0.25) is 0 Å². The van der Waals surface area contributed by atoms with Gasteiger partial charge in [0.15, 0.2) is 0 Å². The number of methoxy groups -OCH3 is 2. The lowest BCUT2D eigenvalue weighted by molar-refractivity contribution is 0.248. The third kappa shape index (κ3) is 5.00. The van der Waals surface area contributed by atoms with E-state index in [4.69, 9.17) is 20.9 Å². The molecule has 0 unspecified atom stereocenters. The SMILES string of the molecule is COc1cc(/C=N\NC(N)=O)c(OC)cc1/C=N\NC(N)=O. The first-order chi connectivity index (χ1) is 10.5. The minimum absolute atomic E-state index is 0.441. The van der Waals surface area contributed by atoms with E-state index in [9.17, 15) is 9.59 Å². The van der Waals surface area contributed by atoms with E-state index in [2.05, 4.69) is 21.1 Å². The molecule has 0 bridgehead atoms. The quantitative estimate of drug-likeness (QED) is 0.421. The number of benzene rings is 1. The fraction of sp³-hybridized carbons (Fsp3) is 0.167. The molecule has 118 valence electrons. The van der Waals surface area contributed by atoms with Crippen molar-refractivity contribution in [3.05, 3.63) is 23.3 Å². The zero-order valence-electron chi connectivity index (χ0n) is 12.0. The highest BCUT2D eigenvalue weighted by molar-refractivity contribution is 5.91. The van der Waals surface area contributed by atoms with E-state index in [1.807, 2.05) is 0 Å². The zero-order chi connectivity index (χ0) is 16.5. The molecule has 0 saturated carbocycles. The molecule has 4 amide bonds. The van der Waals surface area contributed by atoms with Crippen molar-refractivity contribution < 1.29 is 19.1 Å². The van der Waals surface area contributed by atoms with Gasteiger partial charge in [-0.05, 0) is 12.1 Å². The Morgan fingerprint density at radius 2 is 1.32 bits per heavy atom. The first-order valence-corrected chi connectivity index (χ1v) is 5.91. The molecule has 6 N–H and O–H groups in total. The summed E-state index contributed by atoms with van der Waals surface area (Å²) in [7, 11) is 2.92. The lowest BCUT2D eigenvalue weighted by atomic mass is 10.1. The van der Waals surface area contributed by atoms with Crippen LogP contribution in [0.5, 0.6) is 11.5 Å². The Balaban J connectivity index is 3.11. The second kappa shape index (κ2) is 8.09. The van der Waals surface area contributed by atoms with Crippen LogP contribution in [0.1, 0.15) is 11.1 Å². The maximum atomic E-state index is 10.6. The molecule has 0 spiro atoms. The maximum absolute atomic E-state index is 10.6. The molecule has 22 heavy (non-hydrogen) atoms. The van der Waals surface area contributed by atoms with Crippen molar-refractivity contribution in [2.75, 3.05) is 14.2 Å². The number of nitrogens with zero attached hydrogens (tertiary/aromatic N) is 2. The number of carbonyl (C=O) groups is 2. The van der Waals surface area contributed by atoms with Gasteiger partial charge < -0.3 is 20.9 Å². The fourth-order valence-electron chi connectivity index (χ4n) is 1.48. The number of amides is 4. The second-order valence-corrected chi connectivity index (χ2v) is 3.80. The van der Waals surface area contributed by atoms with Crippen LogP contribution in [0.25, 0.3) is 0 Å². The van der Waals surface area contributed by atoms with Crippen molar-refractivity contribution in [1.82, 2.24) is 10.9 Å². The first-order valence-electron chi connectivity index (χ1n) is 5.91. The number of primary amides is 2. The predicted octanol–water partition coefficient (Wildman–Crippen LogP) is -0.292. The third-order valence-electron chi connectivity index (χ3n) is 2.34. The molecular formula is C12H16N6O4. The van der Waals surface area contributed by atoms with Gasteiger partial charge in [-0.25, -0.2) is 20.4 Å². The van der Waals surface area contributed by atoms with Gasteiger partial charge in [0.25, 0.3) is 0 Å². The molecule has 1 aromatic rings. The molecule has 10 heteroatoms. The summed E-state index contributed by atoms with van der Waals surface area (Å²) >= 11 is 0. The summed E-state index contributed by atoms with van der Waals surface area (Å²) < 4.78 is 10.4. The molecule has 0 aromatic heterocycles. The molecule has 0 radical (unpaired) electrons. The van der Waals surface area contributed by atoms with Gasteiger partial charge in [0.1, 0.15) is 11.5 Å². The van der Waals surface area contributed by atoms with Crippen LogP contribution in [0.2, 0.25) is 0 Å². The first kappa shape index (κ1) is 16.8. The Hall–Kier alpha value is -3.30. The number of hydrogen-bond acceptors (Lipinski definition) is 6. The summed E-state index contributed by atoms with van der Waals surface area (Å²) in [6, 6.07) is 1.64. The van der Waals surface area contributed by atoms with Crippen LogP contribution in [-0.4, -0.2) is 38.7 Å². The van der Waals surface area contributed by atoms with Crippen molar-refractivity contribution >= 4 is 24.5 Å². The van der Waals surface area contributed by atoms with Gasteiger partial charge in [-0.2, -0.15) is 10.2 Å². The highest BCUT2D eigenvalue weighted by Crippen LogP contribution is 2.26. The number of hydrazone groups is 2. The Labute approximate surface area is 126 Å². The van der Waals surface area contributed by atoms with E-state index in [-0.39, 0.29) is 0 Å². The van der Waals surface area contributed by atoms with Crippen molar-refractivity contribution in [1.29, 1.82) is 0 Å². The van der Waals surface area contributed by atoms with Crippen LogP contribution in [0.3, 0.4) is 0 Å². The van der Waals surface area contributed by atoms with Crippen molar-refractivity contribution in [2.24, 2.45) is 21.7 Å². The highest BCUT2D eigenvalue weighted by Gasteiger charge is 2.09. The number of carbonyl (C=O) groups excluding carboxylic acids is 2. The van der Waals surface area contributed by atoms with Gasteiger partial charge in [0, 0.05) is 11.1 Å². The fourth-order valence-corrected chi connectivity index (χ4v) is 1.48. The number of urea groups is 2. The molecular weight excluding hydrogens is 292 g/mol. The molecule has 0 heterocycles. The van der Waals surface area contributed by atoms with E-state index in [1.54, 1.807) is 12.1 Å². The maximum Gasteiger partial charge on any atom is 0.332 e. The average Bonchev–Trinajstić information content (AvgIpc) is 2.47. The molecule has 0 aliphatic heterocycles. The predicted molar refractivity (Wildman–Crippen MR) is 80.2 cm³/mol. The number of hydrogen-bond donors (Lipinski definition) is 4. The molecule has 0 fully saturated rings. The topological polar surface area (TPSA) is 153 Å². The second-order valence-electron chi connectivity index (χ2n) is 3.80. The Morgan fingerprint density at radius 3 is 1.59 bits per heavy atom. The Kier molecular flexibility index (Phi) is 6.16. The van der Waals surface area contributed by atoms with Gasteiger partial charge in [-0.1, -0.05) is 0 Å². The van der Waals surface area contributed by atoms with Gasteiger partial charge in [-0.3, -0.25) is 0 Å². The summed E-state index contributed by atoms with van der Waals surface area (Å²) in [6.45, 7) is 0. The van der Waals surface area contributed by atoms with Crippen molar-refractivity contribution in [3.63, 3.8) is 0 Å². The van der Waals surface area contributed by atoms with Crippen LogP contribution in [0.4, 0.5) is 9.59 Å². The van der Waals surface area contributed by atoms with E-state index in [0.717, 1.165) is 0 Å². The molecule has 0 atom stereocenters. The molecule has 10 nitrogen and oxygen atoms in total. The minimum Gasteiger partial charge on any atom is -0.496 e. The summed E-state index contributed by atoms with van der Waals surface area (Å²) in [5.41, 5.74) is 15.0. The van der Waals surface area contributed by atoms with Crippen LogP contribution < -0.4 is 31.8 Å². The summed E-state index contributed by atoms with van der Waals surface area (Å²) in [4.78, 5) is 21.1. The molecule has 0 saturated heterocycles. The number of ether oxygens (including phenoxy) is 2. The lowest BCUT2D eigenvalue weighted by Gasteiger charge is -2.10. The van der Waals surface area contributed by atoms with E-state index < -0.39 is 12.1 Å². The smallest absolute Gasteiger partial charge is 0.332 e. The zero-order valence-corrected chi connectivity index (χ0v) is 12.0. The number of rotatable bonds is 6. The monoisotopic (exact) mass is 308 g/mol. The van der Waals surface area contributed by atoms with E-state index >= 15 is 0 Å². The number of nitrogens with two attached hydrogens (primary N) is 2. The minimum atomic E-state index is -0.788.